The van der Waals surface area contributed by atoms with E-state index in [0.717, 1.165) is 0 Å². The number of nitrogens with zero attached hydrogens (tertiary/aromatic N) is 1. The Morgan fingerprint density at radius 3 is 2.11 bits per heavy atom. The fourth-order valence-corrected chi connectivity index (χ4v) is 3.81. The molecule has 1 amide bonds. The first-order valence-corrected chi connectivity index (χ1v) is 8.25. The lowest BCUT2D eigenvalue weighted by atomic mass is 10.3. The minimum atomic E-state index is -3.73. The third-order valence-corrected chi connectivity index (χ3v) is 5.30. The third kappa shape index (κ3) is 5.04. The summed E-state index contributed by atoms with van der Waals surface area (Å²) in [5.41, 5.74) is 5.41. The minimum absolute atomic E-state index is 0.0857. The van der Waals surface area contributed by atoms with Gasteiger partial charge >= 0.3 is 0 Å². The molecule has 2 unspecified atom stereocenters. The fraction of sp³-hybridized carbons (Fsp3) is 0.818. The number of carbonyl (C=O) groups is 1. The number of likely N-dealkylation sites (N-methyl/N-ethyl adjacent to an activating group) is 1. The molecule has 3 N–H and O–H groups in total. The van der Waals surface area contributed by atoms with Crippen LogP contribution in [-0.4, -0.2) is 48.6 Å². The van der Waals surface area contributed by atoms with E-state index >= 15 is 0 Å². The molecule has 0 heterocycles. The van der Waals surface area contributed by atoms with E-state index in [-0.39, 0.29) is 17.3 Å². The molecule has 0 bridgehead atoms. The van der Waals surface area contributed by atoms with Crippen LogP contribution in [0.4, 0.5) is 0 Å². The molecule has 0 fully saturated rings. The number of amides is 1. The molecule has 8 heteroatoms. The number of thiocarbonyl (C=S) groups is 1. The van der Waals surface area contributed by atoms with Crippen LogP contribution >= 0.6 is 12.2 Å². The summed E-state index contributed by atoms with van der Waals surface area (Å²) in [6, 6.07) is -0.826. The van der Waals surface area contributed by atoms with Gasteiger partial charge in [0.05, 0.1) is 11.0 Å². The maximum atomic E-state index is 12.1. The topological polar surface area (TPSA) is 92.5 Å². The summed E-state index contributed by atoms with van der Waals surface area (Å²) in [5.74, 6) is -0.258. The van der Waals surface area contributed by atoms with Gasteiger partial charge in [-0.05, 0) is 27.2 Å². The van der Waals surface area contributed by atoms with Crippen molar-refractivity contribution >= 4 is 33.1 Å². The zero-order valence-corrected chi connectivity index (χ0v) is 13.5. The molecule has 0 aromatic rings. The van der Waals surface area contributed by atoms with Gasteiger partial charge in [-0.2, -0.15) is 0 Å². The zero-order chi connectivity index (χ0) is 15.2. The lowest BCUT2D eigenvalue weighted by Gasteiger charge is -2.24. The van der Waals surface area contributed by atoms with Crippen molar-refractivity contribution in [3.05, 3.63) is 0 Å². The first kappa shape index (κ1) is 18.3. The summed E-state index contributed by atoms with van der Waals surface area (Å²) in [6.45, 7) is 7.95. The van der Waals surface area contributed by atoms with Gasteiger partial charge in [0.1, 0.15) is 5.25 Å². The van der Waals surface area contributed by atoms with Crippen LogP contribution in [0.25, 0.3) is 0 Å². The summed E-state index contributed by atoms with van der Waals surface area (Å²) in [4.78, 5) is 13.5. The molecule has 0 spiro atoms. The third-order valence-electron chi connectivity index (χ3n) is 2.85. The number of carbonyl (C=O) groups excluding carboxylic acids is 1. The molecular formula is C11H23N3O3S2. The van der Waals surface area contributed by atoms with Crippen molar-refractivity contribution < 1.29 is 13.2 Å². The van der Waals surface area contributed by atoms with Crippen LogP contribution in [0.15, 0.2) is 0 Å². The van der Waals surface area contributed by atoms with Crippen molar-refractivity contribution in [1.82, 2.24) is 9.62 Å². The highest BCUT2D eigenvalue weighted by molar-refractivity contribution is 7.93. The van der Waals surface area contributed by atoms with Gasteiger partial charge in [-0.3, -0.25) is 4.79 Å². The average molecular weight is 309 g/mol. The van der Waals surface area contributed by atoms with Gasteiger partial charge in [-0.15, -0.1) is 0 Å². The van der Waals surface area contributed by atoms with Gasteiger partial charge in [0.15, 0.2) is 0 Å². The van der Waals surface area contributed by atoms with Gasteiger partial charge in [0.25, 0.3) is 0 Å². The number of rotatable bonds is 8. The predicted molar refractivity (Wildman–Crippen MR) is 80.3 cm³/mol. The number of hydrogen-bond donors (Lipinski definition) is 2. The van der Waals surface area contributed by atoms with Crippen molar-refractivity contribution in [3.8, 4) is 0 Å². The molecule has 0 aliphatic carbocycles. The lowest BCUT2D eigenvalue weighted by molar-refractivity contribution is -0.132. The minimum Gasteiger partial charge on any atom is -0.392 e. The smallest absolute Gasteiger partial charge is 0.240 e. The maximum absolute atomic E-state index is 12.1. The Kier molecular flexibility index (Phi) is 7.46. The highest BCUT2D eigenvalue weighted by atomic mass is 32.2. The molecule has 112 valence electrons. The zero-order valence-electron chi connectivity index (χ0n) is 11.8. The van der Waals surface area contributed by atoms with Crippen molar-refractivity contribution in [2.45, 2.75) is 45.4 Å². The molecule has 0 saturated carbocycles. The first-order valence-electron chi connectivity index (χ1n) is 6.30. The van der Waals surface area contributed by atoms with Crippen molar-refractivity contribution in [2.75, 3.05) is 13.1 Å². The second-order valence-corrected chi connectivity index (χ2v) is 6.56. The van der Waals surface area contributed by atoms with E-state index in [1.807, 2.05) is 13.8 Å². The van der Waals surface area contributed by atoms with Crippen LogP contribution in [0.2, 0.25) is 0 Å². The van der Waals surface area contributed by atoms with E-state index < -0.39 is 21.3 Å². The van der Waals surface area contributed by atoms with E-state index in [1.165, 1.54) is 6.92 Å². The van der Waals surface area contributed by atoms with Gasteiger partial charge in [-0.25, -0.2) is 13.1 Å². The van der Waals surface area contributed by atoms with E-state index in [4.69, 9.17) is 18.0 Å². The molecule has 0 saturated heterocycles. The standard InChI is InChI=1S/C11H23N3O3S2/c1-5-9(10(12)18)19(16,17)13-8(4)11(15)14(6-2)7-3/h8-9,13H,5-7H2,1-4H3,(H2,12,18). The van der Waals surface area contributed by atoms with Gasteiger partial charge < -0.3 is 10.6 Å². The molecule has 0 aromatic heterocycles. The lowest BCUT2D eigenvalue weighted by Crippen LogP contribution is -2.51. The normalized spacial score (nSPS) is 14.7. The molecule has 6 nitrogen and oxygen atoms in total. The summed E-state index contributed by atoms with van der Waals surface area (Å²) in [6.07, 6.45) is 0.275. The van der Waals surface area contributed by atoms with Crippen molar-refractivity contribution in [3.63, 3.8) is 0 Å². The van der Waals surface area contributed by atoms with Gasteiger partial charge in [-0.1, -0.05) is 19.1 Å². The van der Waals surface area contributed by atoms with Crippen LogP contribution in [0.1, 0.15) is 34.1 Å². The Balaban J connectivity index is 4.93. The molecule has 0 rings (SSSR count). The van der Waals surface area contributed by atoms with Crippen LogP contribution in [-0.2, 0) is 14.8 Å². The van der Waals surface area contributed by atoms with E-state index in [0.29, 0.717) is 13.1 Å². The van der Waals surface area contributed by atoms with Crippen LogP contribution in [0.3, 0.4) is 0 Å². The van der Waals surface area contributed by atoms with Gasteiger partial charge in [0.2, 0.25) is 15.9 Å². The van der Waals surface area contributed by atoms with Crippen LogP contribution in [0.5, 0.6) is 0 Å². The second kappa shape index (κ2) is 7.76. The van der Waals surface area contributed by atoms with Crippen molar-refractivity contribution in [1.29, 1.82) is 0 Å². The highest BCUT2D eigenvalue weighted by Crippen LogP contribution is 2.07. The number of hydrogen-bond acceptors (Lipinski definition) is 4. The molecule has 2 atom stereocenters. The summed E-state index contributed by atoms with van der Waals surface area (Å²) in [7, 11) is -3.73. The second-order valence-electron chi connectivity index (χ2n) is 4.19. The molecule has 0 radical (unpaired) electrons. The molecule has 19 heavy (non-hydrogen) atoms. The first-order chi connectivity index (χ1) is 8.71. The van der Waals surface area contributed by atoms with Crippen LogP contribution < -0.4 is 10.5 Å². The SMILES string of the molecule is CCC(C(N)=S)S(=O)(=O)NC(C)C(=O)N(CC)CC. The summed E-state index contributed by atoms with van der Waals surface area (Å²) >= 11 is 4.74. The predicted octanol–water partition coefficient (Wildman–Crippen LogP) is 0.227. The highest BCUT2D eigenvalue weighted by Gasteiger charge is 2.30. The summed E-state index contributed by atoms with van der Waals surface area (Å²) < 4.78 is 26.5. The Morgan fingerprint density at radius 2 is 1.79 bits per heavy atom. The Labute approximate surface area is 120 Å². The quantitative estimate of drug-likeness (QED) is 0.626. The monoisotopic (exact) mass is 309 g/mol. The van der Waals surface area contributed by atoms with Gasteiger partial charge in [0, 0.05) is 13.1 Å². The maximum Gasteiger partial charge on any atom is 0.240 e. The van der Waals surface area contributed by atoms with E-state index in [2.05, 4.69) is 4.72 Å². The van der Waals surface area contributed by atoms with Crippen LogP contribution in [0, 0.1) is 0 Å². The fourth-order valence-electron chi connectivity index (χ4n) is 1.76. The molecule has 0 aromatic carbocycles. The Bertz CT molecular complexity index is 419. The molecular weight excluding hydrogens is 286 g/mol. The number of nitrogens with one attached hydrogen (secondary N) is 1. The number of sulfonamides is 1. The summed E-state index contributed by atoms with van der Waals surface area (Å²) in [5, 5.41) is -0.950. The number of nitrogens with two attached hydrogens (primary N) is 1. The van der Waals surface area contributed by atoms with E-state index in [9.17, 15) is 13.2 Å². The molecule has 0 aliphatic rings. The largest absolute Gasteiger partial charge is 0.392 e. The van der Waals surface area contributed by atoms with Crippen molar-refractivity contribution in [2.24, 2.45) is 5.73 Å². The van der Waals surface area contributed by atoms with E-state index in [1.54, 1.807) is 11.8 Å². The molecule has 0 aliphatic heterocycles. The average Bonchev–Trinajstić information content (AvgIpc) is 2.29. The Morgan fingerprint density at radius 1 is 1.32 bits per heavy atom. The Hall–Kier alpha value is -0.730.